The number of benzene rings is 1. The minimum Gasteiger partial charge on any atom is -0.453 e. The topological polar surface area (TPSA) is 96.3 Å². The molecule has 0 fully saturated rings. The molecule has 1 N–H and O–H groups in total. The first kappa shape index (κ1) is 21.7. The standard InChI is InChI=1S/C19H23ClN2O4/c1-12(2)19(4,11-21)22-18(25)13(3)26-17(24)10-9-16(23)14-5-7-15(20)8-6-14/h5-8,12-13H,9-10H2,1-4H3,(H,22,25)/t13-,19-/m1/s1. The van der Waals surface area contributed by atoms with Gasteiger partial charge in [0.25, 0.3) is 5.91 Å². The van der Waals surface area contributed by atoms with Gasteiger partial charge in [0.1, 0.15) is 5.54 Å². The molecular formula is C19H23ClN2O4. The van der Waals surface area contributed by atoms with Gasteiger partial charge in [0, 0.05) is 17.0 Å². The number of hydrogen-bond acceptors (Lipinski definition) is 5. The molecule has 0 spiro atoms. The number of nitrogens with zero attached hydrogens (tertiary/aromatic N) is 1. The van der Waals surface area contributed by atoms with E-state index in [1.54, 1.807) is 31.2 Å². The summed E-state index contributed by atoms with van der Waals surface area (Å²) in [6.07, 6.45) is -1.23. The quantitative estimate of drug-likeness (QED) is 0.553. The Balaban J connectivity index is 2.51. The number of ketones is 1. The maximum atomic E-state index is 12.1. The second-order valence-electron chi connectivity index (χ2n) is 6.52. The zero-order valence-electron chi connectivity index (χ0n) is 15.3. The van der Waals surface area contributed by atoms with Crippen LogP contribution in [-0.2, 0) is 14.3 Å². The highest BCUT2D eigenvalue weighted by Gasteiger charge is 2.32. The highest BCUT2D eigenvalue weighted by atomic mass is 35.5. The lowest BCUT2D eigenvalue weighted by molar-refractivity contribution is -0.155. The van der Waals surface area contributed by atoms with Gasteiger partial charge in [-0.2, -0.15) is 5.26 Å². The summed E-state index contributed by atoms with van der Waals surface area (Å²) in [4.78, 5) is 36.0. The van der Waals surface area contributed by atoms with Crippen LogP contribution >= 0.6 is 11.6 Å². The number of halogens is 1. The smallest absolute Gasteiger partial charge is 0.307 e. The van der Waals surface area contributed by atoms with Crippen LogP contribution in [0.25, 0.3) is 0 Å². The van der Waals surface area contributed by atoms with E-state index in [4.69, 9.17) is 16.3 Å². The minimum absolute atomic E-state index is 0.0310. The third-order valence-corrected chi connectivity index (χ3v) is 4.42. The molecule has 1 aromatic carbocycles. The summed E-state index contributed by atoms with van der Waals surface area (Å²) in [6.45, 7) is 6.65. The van der Waals surface area contributed by atoms with Crippen LogP contribution in [-0.4, -0.2) is 29.3 Å². The van der Waals surface area contributed by atoms with Crippen molar-refractivity contribution in [3.05, 3.63) is 34.9 Å². The van der Waals surface area contributed by atoms with Crippen LogP contribution in [0.4, 0.5) is 0 Å². The van der Waals surface area contributed by atoms with Gasteiger partial charge < -0.3 is 10.1 Å². The Bertz CT molecular complexity index is 709. The number of carbonyl (C=O) groups is 3. The average molecular weight is 379 g/mol. The number of esters is 1. The van der Waals surface area contributed by atoms with Crippen LogP contribution in [0, 0.1) is 17.2 Å². The molecule has 26 heavy (non-hydrogen) atoms. The number of rotatable bonds is 8. The summed E-state index contributed by atoms with van der Waals surface area (Å²) < 4.78 is 5.05. The van der Waals surface area contributed by atoms with Gasteiger partial charge in [-0.25, -0.2) is 0 Å². The Morgan fingerprint density at radius 3 is 2.27 bits per heavy atom. The third kappa shape index (κ3) is 6.16. The monoisotopic (exact) mass is 378 g/mol. The maximum absolute atomic E-state index is 12.1. The van der Waals surface area contributed by atoms with Gasteiger partial charge in [-0.15, -0.1) is 0 Å². The van der Waals surface area contributed by atoms with Crippen molar-refractivity contribution in [1.29, 1.82) is 5.26 Å². The predicted octanol–water partition coefficient (Wildman–Crippen LogP) is 3.29. The first-order valence-electron chi connectivity index (χ1n) is 8.30. The van der Waals surface area contributed by atoms with Gasteiger partial charge in [-0.3, -0.25) is 14.4 Å². The molecule has 1 amide bonds. The Labute approximate surface area is 158 Å². The Morgan fingerprint density at radius 2 is 1.77 bits per heavy atom. The van der Waals surface area contributed by atoms with E-state index in [0.29, 0.717) is 10.6 Å². The summed E-state index contributed by atoms with van der Waals surface area (Å²) in [7, 11) is 0. The van der Waals surface area contributed by atoms with Gasteiger partial charge >= 0.3 is 5.97 Å². The summed E-state index contributed by atoms with van der Waals surface area (Å²) >= 11 is 5.76. The maximum Gasteiger partial charge on any atom is 0.307 e. The SMILES string of the molecule is CC(C)[C@@](C)(C#N)NC(=O)[C@@H](C)OC(=O)CCC(=O)c1ccc(Cl)cc1. The number of Topliss-reactive ketones (excluding diaryl/α,β-unsaturated/α-hetero) is 1. The lowest BCUT2D eigenvalue weighted by Crippen LogP contribution is -2.52. The van der Waals surface area contributed by atoms with Crippen molar-refractivity contribution in [2.45, 2.75) is 52.2 Å². The van der Waals surface area contributed by atoms with E-state index in [2.05, 4.69) is 11.4 Å². The lowest BCUT2D eigenvalue weighted by atomic mass is 9.90. The zero-order valence-corrected chi connectivity index (χ0v) is 16.1. The van der Waals surface area contributed by atoms with E-state index in [9.17, 15) is 19.6 Å². The molecule has 0 heterocycles. The molecule has 0 bridgehead atoms. The molecular weight excluding hydrogens is 356 g/mol. The molecule has 6 nitrogen and oxygen atoms in total. The highest BCUT2D eigenvalue weighted by Crippen LogP contribution is 2.16. The van der Waals surface area contributed by atoms with Gasteiger partial charge in [0.05, 0.1) is 12.5 Å². The summed E-state index contributed by atoms with van der Waals surface area (Å²) in [5.41, 5.74) is -0.600. The van der Waals surface area contributed by atoms with Crippen molar-refractivity contribution in [3.8, 4) is 6.07 Å². The van der Waals surface area contributed by atoms with Crippen molar-refractivity contribution in [2.75, 3.05) is 0 Å². The van der Waals surface area contributed by atoms with Crippen molar-refractivity contribution >= 4 is 29.3 Å². The molecule has 7 heteroatoms. The Kier molecular flexibility index (Phi) is 7.78. The third-order valence-electron chi connectivity index (χ3n) is 4.17. The number of nitrogens with one attached hydrogen (secondary N) is 1. The molecule has 140 valence electrons. The van der Waals surface area contributed by atoms with Crippen LogP contribution in [0.1, 0.15) is 50.9 Å². The second-order valence-corrected chi connectivity index (χ2v) is 6.96. The molecule has 2 atom stereocenters. The van der Waals surface area contributed by atoms with E-state index < -0.39 is 23.5 Å². The fraction of sp³-hybridized carbons (Fsp3) is 0.474. The molecule has 1 rings (SSSR count). The number of nitriles is 1. The summed E-state index contributed by atoms with van der Waals surface area (Å²) in [5, 5.41) is 12.3. The molecule has 0 aliphatic carbocycles. The molecule has 0 saturated carbocycles. The van der Waals surface area contributed by atoms with E-state index >= 15 is 0 Å². The summed E-state index contributed by atoms with van der Waals surface area (Å²) in [6, 6.07) is 8.42. The molecule has 0 radical (unpaired) electrons. The van der Waals surface area contributed by atoms with Crippen LogP contribution in [0.3, 0.4) is 0 Å². The number of carbonyl (C=O) groups excluding carboxylic acids is 3. The van der Waals surface area contributed by atoms with Gasteiger partial charge in [0.15, 0.2) is 11.9 Å². The normalized spacial score (nSPS) is 14.0. The first-order valence-corrected chi connectivity index (χ1v) is 8.68. The van der Waals surface area contributed by atoms with Crippen LogP contribution < -0.4 is 5.32 Å². The van der Waals surface area contributed by atoms with Crippen molar-refractivity contribution < 1.29 is 19.1 Å². The van der Waals surface area contributed by atoms with E-state index in [0.717, 1.165) is 0 Å². The lowest BCUT2D eigenvalue weighted by Gasteiger charge is -2.28. The Hall–Kier alpha value is -2.39. The van der Waals surface area contributed by atoms with E-state index in [1.807, 2.05) is 13.8 Å². The number of ether oxygens (including phenoxy) is 1. The highest BCUT2D eigenvalue weighted by molar-refractivity contribution is 6.30. The van der Waals surface area contributed by atoms with Gasteiger partial charge in [-0.05, 0) is 44.0 Å². The molecule has 0 aliphatic heterocycles. The minimum atomic E-state index is -1.06. The molecule has 0 saturated heterocycles. The van der Waals surface area contributed by atoms with E-state index in [-0.39, 0.29) is 24.5 Å². The van der Waals surface area contributed by atoms with Crippen LogP contribution in [0.2, 0.25) is 5.02 Å². The molecule has 0 aromatic heterocycles. The van der Waals surface area contributed by atoms with Crippen molar-refractivity contribution in [3.63, 3.8) is 0 Å². The van der Waals surface area contributed by atoms with Gasteiger partial charge in [-0.1, -0.05) is 25.4 Å². The van der Waals surface area contributed by atoms with Gasteiger partial charge in [0.2, 0.25) is 0 Å². The molecule has 1 aromatic rings. The predicted molar refractivity (Wildman–Crippen MR) is 97.6 cm³/mol. The number of amides is 1. The number of hydrogen-bond donors (Lipinski definition) is 1. The van der Waals surface area contributed by atoms with Crippen molar-refractivity contribution in [1.82, 2.24) is 5.32 Å². The molecule has 0 aliphatic rings. The average Bonchev–Trinajstić information content (AvgIpc) is 2.59. The summed E-state index contributed by atoms with van der Waals surface area (Å²) in [5.74, 6) is -1.54. The molecule has 0 unspecified atom stereocenters. The van der Waals surface area contributed by atoms with E-state index in [1.165, 1.54) is 6.92 Å². The van der Waals surface area contributed by atoms with Crippen LogP contribution in [0.15, 0.2) is 24.3 Å². The van der Waals surface area contributed by atoms with Crippen LogP contribution in [0.5, 0.6) is 0 Å². The second kappa shape index (κ2) is 9.35. The van der Waals surface area contributed by atoms with Crippen molar-refractivity contribution in [2.24, 2.45) is 5.92 Å². The largest absolute Gasteiger partial charge is 0.453 e. The Morgan fingerprint density at radius 1 is 1.19 bits per heavy atom. The first-order chi connectivity index (χ1) is 12.1. The fourth-order valence-corrected chi connectivity index (χ4v) is 2.09. The zero-order chi connectivity index (χ0) is 19.9. The fourth-order valence-electron chi connectivity index (χ4n) is 1.96.